The molecule has 1 aliphatic rings. The van der Waals surface area contributed by atoms with Crippen molar-refractivity contribution in [2.24, 2.45) is 11.3 Å². The van der Waals surface area contributed by atoms with Gasteiger partial charge in [-0.25, -0.2) is 0 Å². The Labute approximate surface area is 128 Å². The number of hydrogen-bond donors (Lipinski definition) is 1. The standard InChI is InChI=1S/C17H30N2S/c1-5-18-16-14(8-6-10-17(16,2)3)12-19(4)13-15-9-7-11-20-15/h7,9,11,14,16,18H,5-6,8,10,12-13H2,1-4H3. The Morgan fingerprint density at radius 2 is 2.25 bits per heavy atom. The van der Waals surface area contributed by atoms with E-state index < -0.39 is 0 Å². The van der Waals surface area contributed by atoms with Crippen LogP contribution < -0.4 is 5.32 Å². The summed E-state index contributed by atoms with van der Waals surface area (Å²) in [7, 11) is 2.27. The first-order valence-electron chi connectivity index (χ1n) is 7.97. The minimum atomic E-state index is 0.433. The third-order valence-corrected chi connectivity index (χ3v) is 5.55. The zero-order valence-corrected chi connectivity index (χ0v) is 14.3. The van der Waals surface area contributed by atoms with Crippen molar-refractivity contribution in [2.45, 2.75) is 52.6 Å². The summed E-state index contributed by atoms with van der Waals surface area (Å²) >= 11 is 1.87. The maximum atomic E-state index is 3.76. The second-order valence-corrected chi connectivity index (χ2v) is 7.98. The SMILES string of the molecule is CCNC1C(CN(C)Cc2cccs2)CCCC1(C)C. The molecule has 1 N–H and O–H groups in total. The predicted molar refractivity (Wildman–Crippen MR) is 89.2 cm³/mol. The summed E-state index contributed by atoms with van der Waals surface area (Å²) in [6, 6.07) is 5.05. The highest BCUT2D eigenvalue weighted by atomic mass is 32.1. The Morgan fingerprint density at radius 3 is 2.90 bits per heavy atom. The molecule has 2 nitrogen and oxygen atoms in total. The lowest BCUT2D eigenvalue weighted by molar-refractivity contribution is 0.0850. The molecule has 2 atom stereocenters. The lowest BCUT2D eigenvalue weighted by atomic mass is 9.67. The smallest absolute Gasteiger partial charge is 0.0324 e. The molecule has 2 unspecified atom stereocenters. The third kappa shape index (κ3) is 4.06. The summed E-state index contributed by atoms with van der Waals surface area (Å²) in [4.78, 5) is 3.98. The monoisotopic (exact) mass is 294 g/mol. The Kier molecular flexibility index (Phi) is 5.65. The van der Waals surface area contributed by atoms with Crippen molar-refractivity contribution in [2.75, 3.05) is 20.1 Å². The normalized spacial score (nSPS) is 26.1. The number of nitrogens with one attached hydrogen (secondary N) is 1. The van der Waals surface area contributed by atoms with E-state index in [1.807, 2.05) is 11.3 Å². The number of rotatable bonds is 6. The summed E-state index contributed by atoms with van der Waals surface area (Å²) in [6.45, 7) is 10.5. The molecule has 1 fully saturated rings. The van der Waals surface area contributed by atoms with E-state index in [-0.39, 0.29) is 0 Å². The molecule has 1 aromatic heterocycles. The van der Waals surface area contributed by atoms with Crippen LogP contribution in [0.15, 0.2) is 17.5 Å². The van der Waals surface area contributed by atoms with E-state index in [0.717, 1.165) is 19.0 Å². The van der Waals surface area contributed by atoms with Gasteiger partial charge < -0.3 is 10.2 Å². The van der Waals surface area contributed by atoms with Crippen LogP contribution in [0.5, 0.6) is 0 Å². The van der Waals surface area contributed by atoms with Crippen molar-refractivity contribution in [1.29, 1.82) is 0 Å². The summed E-state index contributed by atoms with van der Waals surface area (Å²) in [5.41, 5.74) is 0.433. The van der Waals surface area contributed by atoms with E-state index in [2.05, 4.69) is 55.5 Å². The van der Waals surface area contributed by atoms with Gasteiger partial charge in [0.25, 0.3) is 0 Å². The zero-order chi connectivity index (χ0) is 14.6. The van der Waals surface area contributed by atoms with Gasteiger partial charge in [-0.05, 0) is 49.2 Å². The quantitative estimate of drug-likeness (QED) is 0.853. The number of hydrogen-bond acceptors (Lipinski definition) is 3. The summed E-state index contributed by atoms with van der Waals surface area (Å²) < 4.78 is 0. The molecule has 0 amide bonds. The molecular formula is C17H30N2S. The zero-order valence-electron chi connectivity index (χ0n) is 13.5. The second-order valence-electron chi connectivity index (χ2n) is 6.95. The molecule has 0 spiro atoms. The lowest BCUT2D eigenvalue weighted by Crippen LogP contribution is -2.52. The van der Waals surface area contributed by atoms with Gasteiger partial charge in [0, 0.05) is 24.0 Å². The van der Waals surface area contributed by atoms with E-state index in [0.29, 0.717) is 11.5 Å². The molecule has 0 bridgehead atoms. The summed E-state index contributed by atoms with van der Waals surface area (Å²) in [5.74, 6) is 0.781. The van der Waals surface area contributed by atoms with E-state index in [1.54, 1.807) is 0 Å². The lowest BCUT2D eigenvalue weighted by Gasteiger charge is -2.45. The predicted octanol–water partition coefficient (Wildman–Crippen LogP) is 3.98. The van der Waals surface area contributed by atoms with Gasteiger partial charge in [-0.2, -0.15) is 0 Å². The van der Waals surface area contributed by atoms with E-state index in [1.165, 1.54) is 30.7 Å². The second kappa shape index (κ2) is 7.06. The molecule has 0 saturated heterocycles. The van der Waals surface area contributed by atoms with Crippen LogP contribution >= 0.6 is 11.3 Å². The molecule has 1 saturated carbocycles. The topological polar surface area (TPSA) is 15.3 Å². The fraction of sp³-hybridized carbons (Fsp3) is 0.765. The van der Waals surface area contributed by atoms with Crippen molar-refractivity contribution in [1.82, 2.24) is 10.2 Å². The molecule has 0 aliphatic heterocycles. The molecular weight excluding hydrogens is 264 g/mol. The van der Waals surface area contributed by atoms with Crippen molar-refractivity contribution < 1.29 is 0 Å². The van der Waals surface area contributed by atoms with Crippen LogP contribution in [0.1, 0.15) is 44.9 Å². The van der Waals surface area contributed by atoms with Crippen LogP contribution in [0.3, 0.4) is 0 Å². The van der Waals surface area contributed by atoms with Crippen LogP contribution in [0, 0.1) is 11.3 Å². The summed E-state index contributed by atoms with van der Waals surface area (Å²) in [6.07, 6.45) is 4.11. The van der Waals surface area contributed by atoms with Crippen molar-refractivity contribution >= 4 is 11.3 Å². The maximum Gasteiger partial charge on any atom is 0.0324 e. The molecule has 0 radical (unpaired) electrons. The largest absolute Gasteiger partial charge is 0.313 e. The van der Waals surface area contributed by atoms with Crippen LogP contribution in [0.2, 0.25) is 0 Å². The highest BCUT2D eigenvalue weighted by Crippen LogP contribution is 2.39. The molecule has 1 aliphatic carbocycles. The third-order valence-electron chi connectivity index (χ3n) is 4.69. The molecule has 3 heteroatoms. The van der Waals surface area contributed by atoms with Gasteiger partial charge in [0.1, 0.15) is 0 Å². The number of nitrogens with zero attached hydrogens (tertiary/aromatic N) is 1. The Morgan fingerprint density at radius 1 is 1.45 bits per heavy atom. The fourth-order valence-electron chi connectivity index (χ4n) is 3.77. The summed E-state index contributed by atoms with van der Waals surface area (Å²) in [5, 5.41) is 5.94. The fourth-order valence-corrected chi connectivity index (χ4v) is 4.56. The molecule has 0 aromatic carbocycles. The van der Waals surface area contributed by atoms with Crippen molar-refractivity contribution in [3.05, 3.63) is 22.4 Å². The van der Waals surface area contributed by atoms with Gasteiger partial charge >= 0.3 is 0 Å². The van der Waals surface area contributed by atoms with Gasteiger partial charge in [0.15, 0.2) is 0 Å². The Balaban J connectivity index is 1.95. The van der Waals surface area contributed by atoms with Gasteiger partial charge in [-0.3, -0.25) is 0 Å². The molecule has 20 heavy (non-hydrogen) atoms. The first-order valence-corrected chi connectivity index (χ1v) is 8.85. The minimum absolute atomic E-state index is 0.433. The number of thiophene rings is 1. The highest BCUT2D eigenvalue weighted by molar-refractivity contribution is 7.09. The highest BCUT2D eigenvalue weighted by Gasteiger charge is 2.38. The van der Waals surface area contributed by atoms with Crippen LogP contribution in [-0.2, 0) is 6.54 Å². The van der Waals surface area contributed by atoms with Gasteiger partial charge in [-0.1, -0.05) is 33.3 Å². The van der Waals surface area contributed by atoms with Crippen LogP contribution in [-0.4, -0.2) is 31.1 Å². The van der Waals surface area contributed by atoms with Crippen LogP contribution in [0.25, 0.3) is 0 Å². The van der Waals surface area contributed by atoms with E-state index in [9.17, 15) is 0 Å². The van der Waals surface area contributed by atoms with E-state index >= 15 is 0 Å². The minimum Gasteiger partial charge on any atom is -0.313 e. The van der Waals surface area contributed by atoms with E-state index in [4.69, 9.17) is 0 Å². The Hall–Kier alpha value is -0.380. The first-order chi connectivity index (χ1) is 9.53. The maximum absolute atomic E-state index is 3.76. The molecule has 114 valence electrons. The molecule has 1 aromatic rings. The first kappa shape index (κ1) is 16.0. The van der Waals surface area contributed by atoms with Crippen molar-refractivity contribution in [3.8, 4) is 0 Å². The Bertz CT molecular complexity index is 386. The van der Waals surface area contributed by atoms with Gasteiger partial charge in [0.2, 0.25) is 0 Å². The van der Waals surface area contributed by atoms with Gasteiger partial charge in [0.05, 0.1) is 0 Å². The molecule has 2 rings (SSSR count). The van der Waals surface area contributed by atoms with Crippen LogP contribution in [0.4, 0.5) is 0 Å². The van der Waals surface area contributed by atoms with Gasteiger partial charge in [-0.15, -0.1) is 11.3 Å². The average Bonchev–Trinajstić information content (AvgIpc) is 2.86. The van der Waals surface area contributed by atoms with Crippen molar-refractivity contribution in [3.63, 3.8) is 0 Å². The molecule has 1 heterocycles. The average molecular weight is 295 g/mol.